The third-order valence-electron chi connectivity index (χ3n) is 6.59. The van der Waals surface area contributed by atoms with Crippen molar-refractivity contribution < 1.29 is 22.5 Å². The van der Waals surface area contributed by atoms with Gasteiger partial charge in [0.15, 0.2) is 5.76 Å². The first kappa shape index (κ1) is 24.4. The Labute approximate surface area is 200 Å². The number of aryl methyl sites for hydroxylation is 3. The molecule has 0 saturated carbocycles. The van der Waals surface area contributed by atoms with Crippen molar-refractivity contribution in [1.29, 1.82) is 0 Å². The van der Waals surface area contributed by atoms with Gasteiger partial charge in [0.25, 0.3) is 0 Å². The molecule has 0 N–H and O–H groups in total. The zero-order valence-corrected chi connectivity index (χ0v) is 20.8. The number of anilines is 1. The molecule has 9 nitrogen and oxygen atoms in total. The van der Waals surface area contributed by atoms with Crippen molar-refractivity contribution in [2.75, 3.05) is 37.6 Å². The first-order valence-electron chi connectivity index (χ1n) is 11.8. The van der Waals surface area contributed by atoms with E-state index in [1.54, 1.807) is 23.6 Å². The molecule has 0 radical (unpaired) electrons. The highest BCUT2D eigenvalue weighted by atomic mass is 32.2. The average Bonchev–Trinajstić information content (AvgIpc) is 3.24. The van der Waals surface area contributed by atoms with Crippen LogP contribution in [0.4, 0.5) is 5.69 Å². The third kappa shape index (κ3) is 4.74. The predicted molar refractivity (Wildman–Crippen MR) is 127 cm³/mol. The highest BCUT2D eigenvalue weighted by Gasteiger charge is 2.39. The average molecular weight is 489 g/mol. The lowest BCUT2D eigenvalue weighted by molar-refractivity contribution is -0.135. The van der Waals surface area contributed by atoms with Gasteiger partial charge in [0, 0.05) is 44.8 Å². The van der Waals surface area contributed by atoms with E-state index in [2.05, 4.69) is 12.1 Å². The maximum absolute atomic E-state index is 13.3. The summed E-state index contributed by atoms with van der Waals surface area (Å²) >= 11 is 0. The van der Waals surface area contributed by atoms with Gasteiger partial charge in [-0.15, -0.1) is 0 Å². The van der Waals surface area contributed by atoms with Crippen LogP contribution in [0.5, 0.6) is 0 Å². The van der Waals surface area contributed by atoms with Crippen molar-refractivity contribution in [2.45, 2.75) is 51.3 Å². The number of amides is 2. The lowest BCUT2D eigenvalue weighted by Crippen LogP contribution is -2.40. The summed E-state index contributed by atoms with van der Waals surface area (Å²) in [6, 6.07) is 7.95. The van der Waals surface area contributed by atoms with Crippen LogP contribution in [0.25, 0.3) is 0 Å². The fourth-order valence-electron chi connectivity index (χ4n) is 4.84. The number of hydrogen-bond donors (Lipinski definition) is 0. The molecular formula is C24H32N4O5S. The number of carbonyl (C=O) groups excluding carboxylic acids is 2. The van der Waals surface area contributed by atoms with Gasteiger partial charge in [0.1, 0.15) is 10.6 Å². The second kappa shape index (κ2) is 9.87. The van der Waals surface area contributed by atoms with Gasteiger partial charge in [-0.2, -0.15) is 4.31 Å². The largest absolute Gasteiger partial charge is 0.360 e. The van der Waals surface area contributed by atoms with Crippen LogP contribution < -0.4 is 4.90 Å². The highest BCUT2D eigenvalue weighted by molar-refractivity contribution is 7.89. The van der Waals surface area contributed by atoms with Gasteiger partial charge < -0.3 is 14.3 Å². The van der Waals surface area contributed by atoms with E-state index in [4.69, 9.17) is 4.52 Å². The van der Waals surface area contributed by atoms with Crippen LogP contribution in [-0.2, 0) is 26.0 Å². The zero-order valence-electron chi connectivity index (χ0n) is 20.0. The standard InChI is InChI=1S/C24H32N4O5S/c1-4-6-19-7-9-21(10-8-19)28-16-20(15-22(28)29)24(30)26-11-5-12-27(14-13-26)34(31,32)23-17(2)25-33-18(23)3/h7-10,20H,4-6,11-16H2,1-3H3. The number of benzene rings is 1. The zero-order chi connectivity index (χ0) is 24.5. The van der Waals surface area contributed by atoms with Gasteiger partial charge in [-0.3, -0.25) is 9.59 Å². The molecule has 1 unspecified atom stereocenters. The van der Waals surface area contributed by atoms with Crippen LogP contribution in [0.15, 0.2) is 33.7 Å². The Morgan fingerprint density at radius 2 is 1.85 bits per heavy atom. The smallest absolute Gasteiger partial charge is 0.248 e. The van der Waals surface area contributed by atoms with Gasteiger partial charge in [-0.1, -0.05) is 30.6 Å². The number of aromatic nitrogens is 1. The maximum Gasteiger partial charge on any atom is 0.248 e. The number of hydrogen-bond acceptors (Lipinski definition) is 6. The minimum Gasteiger partial charge on any atom is -0.360 e. The quantitative estimate of drug-likeness (QED) is 0.619. The van der Waals surface area contributed by atoms with E-state index < -0.39 is 15.9 Å². The van der Waals surface area contributed by atoms with Crippen LogP contribution in [-0.4, -0.2) is 67.3 Å². The van der Waals surface area contributed by atoms with Crippen molar-refractivity contribution in [3.63, 3.8) is 0 Å². The molecule has 1 atom stereocenters. The Morgan fingerprint density at radius 3 is 2.50 bits per heavy atom. The molecular weight excluding hydrogens is 456 g/mol. The molecule has 2 aromatic rings. The summed E-state index contributed by atoms with van der Waals surface area (Å²) in [4.78, 5) is 29.4. The normalized spacial score (nSPS) is 20.1. The molecule has 0 aliphatic carbocycles. The summed E-state index contributed by atoms with van der Waals surface area (Å²) in [6.45, 7) is 6.93. The summed E-state index contributed by atoms with van der Waals surface area (Å²) < 4.78 is 32.8. The van der Waals surface area contributed by atoms with E-state index in [0.29, 0.717) is 31.7 Å². The van der Waals surface area contributed by atoms with Crippen molar-refractivity contribution in [3.05, 3.63) is 41.3 Å². The molecule has 1 aromatic carbocycles. The van der Waals surface area contributed by atoms with E-state index in [0.717, 1.165) is 18.5 Å². The SMILES string of the molecule is CCCc1ccc(N2CC(C(=O)N3CCCN(S(=O)(=O)c4c(C)noc4C)CC3)CC2=O)cc1. The number of rotatable bonds is 6. The van der Waals surface area contributed by atoms with Crippen molar-refractivity contribution in [2.24, 2.45) is 5.92 Å². The molecule has 1 aromatic heterocycles. The van der Waals surface area contributed by atoms with Gasteiger partial charge in [0.2, 0.25) is 21.8 Å². The van der Waals surface area contributed by atoms with Crippen LogP contribution in [0, 0.1) is 19.8 Å². The Balaban J connectivity index is 1.41. The molecule has 10 heteroatoms. The number of nitrogens with zero attached hydrogens (tertiary/aromatic N) is 4. The lowest BCUT2D eigenvalue weighted by atomic mass is 10.1. The first-order chi connectivity index (χ1) is 16.2. The topological polar surface area (TPSA) is 104 Å². The predicted octanol–water partition coefficient (Wildman–Crippen LogP) is 2.52. The second-order valence-electron chi connectivity index (χ2n) is 9.06. The van der Waals surface area contributed by atoms with E-state index in [9.17, 15) is 18.0 Å². The van der Waals surface area contributed by atoms with E-state index in [1.165, 1.54) is 9.87 Å². The summed E-state index contributed by atoms with van der Waals surface area (Å²) in [5.74, 6) is -0.301. The lowest BCUT2D eigenvalue weighted by Gasteiger charge is -2.24. The Hall–Kier alpha value is -2.72. The fraction of sp³-hybridized carbons (Fsp3) is 0.542. The van der Waals surface area contributed by atoms with Crippen LogP contribution in [0.1, 0.15) is 43.2 Å². The van der Waals surface area contributed by atoms with Gasteiger partial charge in [-0.05, 0) is 44.4 Å². The third-order valence-corrected chi connectivity index (χ3v) is 8.74. The van der Waals surface area contributed by atoms with E-state index in [1.807, 2.05) is 24.3 Å². The van der Waals surface area contributed by atoms with Crippen molar-refractivity contribution in [1.82, 2.24) is 14.4 Å². The Morgan fingerprint density at radius 1 is 1.12 bits per heavy atom. The Bertz CT molecular complexity index is 1140. The van der Waals surface area contributed by atoms with Gasteiger partial charge in [0.05, 0.1) is 5.92 Å². The Kier molecular flexibility index (Phi) is 7.09. The van der Waals surface area contributed by atoms with E-state index >= 15 is 0 Å². The van der Waals surface area contributed by atoms with Gasteiger partial charge in [-0.25, -0.2) is 8.42 Å². The summed E-state index contributed by atoms with van der Waals surface area (Å²) in [7, 11) is -3.76. The monoisotopic (exact) mass is 488 g/mol. The fourth-order valence-corrected chi connectivity index (χ4v) is 6.60. The van der Waals surface area contributed by atoms with Gasteiger partial charge >= 0.3 is 0 Å². The molecule has 0 bridgehead atoms. The van der Waals surface area contributed by atoms with Crippen molar-refractivity contribution in [3.8, 4) is 0 Å². The summed E-state index contributed by atoms with van der Waals surface area (Å²) in [6.07, 6.45) is 2.75. The van der Waals surface area contributed by atoms with E-state index in [-0.39, 0.29) is 42.0 Å². The molecule has 2 fully saturated rings. The highest BCUT2D eigenvalue weighted by Crippen LogP contribution is 2.28. The molecule has 3 heterocycles. The molecule has 2 saturated heterocycles. The van der Waals surface area contributed by atoms with Crippen LogP contribution >= 0.6 is 0 Å². The molecule has 34 heavy (non-hydrogen) atoms. The van der Waals surface area contributed by atoms with Crippen LogP contribution in [0.3, 0.4) is 0 Å². The molecule has 2 aliphatic rings. The van der Waals surface area contributed by atoms with Crippen LogP contribution in [0.2, 0.25) is 0 Å². The minimum absolute atomic E-state index is 0.0565. The summed E-state index contributed by atoms with van der Waals surface area (Å²) in [5, 5.41) is 3.77. The molecule has 2 amide bonds. The molecule has 184 valence electrons. The molecule has 2 aliphatic heterocycles. The number of sulfonamides is 1. The molecule has 4 rings (SSSR count). The summed E-state index contributed by atoms with van der Waals surface area (Å²) in [5.41, 5.74) is 2.38. The second-order valence-corrected chi connectivity index (χ2v) is 10.9. The maximum atomic E-state index is 13.3. The number of carbonyl (C=O) groups is 2. The van der Waals surface area contributed by atoms with Crippen molar-refractivity contribution >= 4 is 27.5 Å². The first-order valence-corrected chi connectivity index (χ1v) is 13.3. The minimum atomic E-state index is -3.76. The molecule has 0 spiro atoms.